The maximum absolute atomic E-state index is 13.8. The third kappa shape index (κ3) is 6.99. The maximum atomic E-state index is 13.8. The highest BCUT2D eigenvalue weighted by Gasteiger charge is 2.50. The molecule has 2 aromatic carbocycles. The fraction of sp³-hybridized carbons (Fsp3) is 0.438. The third-order valence-corrected chi connectivity index (χ3v) is 8.45. The number of β-amino-alcohol motifs (C(OH)–C–C–N with tert-alkyl or cyclic N) is 1. The van der Waals surface area contributed by atoms with E-state index in [0.29, 0.717) is 17.0 Å². The molecule has 2 fully saturated rings. The van der Waals surface area contributed by atoms with Gasteiger partial charge in [-0.3, -0.25) is 14.4 Å². The van der Waals surface area contributed by atoms with Gasteiger partial charge in [0.2, 0.25) is 11.8 Å². The lowest BCUT2D eigenvalue weighted by Gasteiger charge is -2.52. The summed E-state index contributed by atoms with van der Waals surface area (Å²) in [4.78, 5) is 49.3. The number of methoxy groups -OCH3 is 1. The number of aromatic amines is 1. The quantitative estimate of drug-likeness (QED) is 0.278. The Morgan fingerprint density at radius 2 is 1.71 bits per heavy atom. The number of aromatic nitrogens is 2. The molecule has 0 radical (unpaired) electrons. The third-order valence-electron chi connectivity index (χ3n) is 8.45. The molecule has 42 heavy (non-hydrogen) atoms. The van der Waals surface area contributed by atoms with Gasteiger partial charge in [0, 0.05) is 24.6 Å². The number of benzene rings is 2. The zero-order chi connectivity index (χ0) is 29.5. The molecule has 10 heteroatoms. The highest BCUT2D eigenvalue weighted by Crippen LogP contribution is 2.38. The molecule has 1 aliphatic heterocycles. The van der Waals surface area contributed by atoms with Crippen LogP contribution in [0.3, 0.4) is 0 Å². The summed E-state index contributed by atoms with van der Waals surface area (Å²) in [5.41, 5.74) is 0.985. The van der Waals surface area contributed by atoms with Crippen LogP contribution in [-0.2, 0) is 22.4 Å². The van der Waals surface area contributed by atoms with E-state index in [2.05, 4.69) is 20.6 Å². The van der Waals surface area contributed by atoms with Gasteiger partial charge in [-0.1, -0.05) is 49.6 Å². The number of hydrogen-bond donors (Lipinski definition) is 4. The van der Waals surface area contributed by atoms with Crippen molar-refractivity contribution < 1.29 is 24.2 Å². The minimum Gasteiger partial charge on any atom is -0.497 e. The predicted molar refractivity (Wildman–Crippen MR) is 157 cm³/mol. The summed E-state index contributed by atoms with van der Waals surface area (Å²) in [5.74, 6) is -0.264. The van der Waals surface area contributed by atoms with Crippen LogP contribution < -0.4 is 15.4 Å². The molecule has 2 aliphatic rings. The average molecular weight is 574 g/mol. The second kappa shape index (κ2) is 13.2. The molecule has 1 saturated heterocycles. The Hall–Kier alpha value is -4.18. The molecule has 4 N–H and O–H groups in total. The van der Waals surface area contributed by atoms with E-state index in [4.69, 9.17) is 4.74 Å². The summed E-state index contributed by atoms with van der Waals surface area (Å²) in [7, 11) is 1.59. The summed E-state index contributed by atoms with van der Waals surface area (Å²) >= 11 is 0. The summed E-state index contributed by atoms with van der Waals surface area (Å²) < 4.78 is 5.26. The minimum atomic E-state index is -0.970. The number of imidazole rings is 1. The molecule has 1 aromatic heterocycles. The van der Waals surface area contributed by atoms with Gasteiger partial charge in [-0.2, -0.15) is 0 Å². The zero-order valence-electron chi connectivity index (χ0n) is 23.9. The van der Waals surface area contributed by atoms with Gasteiger partial charge in [-0.15, -0.1) is 0 Å². The van der Waals surface area contributed by atoms with Gasteiger partial charge in [0.05, 0.1) is 32.2 Å². The van der Waals surface area contributed by atoms with Crippen molar-refractivity contribution >= 4 is 17.7 Å². The number of ether oxygens (including phenoxy) is 1. The van der Waals surface area contributed by atoms with Crippen LogP contribution in [0.5, 0.6) is 5.75 Å². The topological polar surface area (TPSA) is 137 Å². The van der Waals surface area contributed by atoms with Crippen LogP contribution >= 0.6 is 0 Å². The summed E-state index contributed by atoms with van der Waals surface area (Å²) in [6.45, 7) is 0.514. The van der Waals surface area contributed by atoms with Crippen LogP contribution in [0, 0.1) is 5.92 Å². The number of nitrogens with one attached hydrogen (secondary N) is 3. The molecule has 3 aromatic rings. The monoisotopic (exact) mass is 573 g/mol. The highest BCUT2D eigenvalue weighted by atomic mass is 16.5. The standard InChI is InChI=1S/C32H39N5O5/c1-42-26-14-12-22(13-15-26)16-28(31(40)37-19-32(41,20-37)24-10-6-3-7-11-24)36-30(39)27(17-25-18-33-21-34-25)35-29(38)23-8-4-2-5-9-23/h2,4-5,8-9,12-15,18,21,24,27-28,41H,3,6-7,10-11,16-17,19-20H2,1H3,(H,33,34)(H,35,38)(H,36,39). The molecule has 5 rings (SSSR count). The van der Waals surface area contributed by atoms with E-state index < -0.39 is 29.5 Å². The van der Waals surface area contributed by atoms with Crippen LogP contribution in [0.15, 0.2) is 67.1 Å². The van der Waals surface area contributed by atoms with Crippen LogP contribution in [0.1, 0.15) is 53.7 Å². The van der Waals surface area contributed by atoms with Crippen molar-refractivity contribution in [1.29, 1.82) is 0 Å². The Morgan fingerprint density at radius 3 is 2.36 bits per heavy atom. The Labute approximate surface area is 245 Å². The number of carbonyl (C=O) groups excluding carboxylic acids is 3. The number of likely N-dealkylation sites (tertiary alicyclic amines) is 1. The Balaban J connectivity index is 1.33. The molecular formula is C32H39N5O5. The number of amides is 3. The molecule has 222 valence electrons. The molecule has 2 atom stereocenters. The van der Waals surface area contributed by atoms with Crippen molar-refractivity contribution in [1.82, 2.24) is 25.5 Å². The van der Waals surface area contributed by atoms with E-state index in [1.165, 1.54) is 12.7 Å². The first-order valence-corrected chi connectivity index (χ1v) is 14.6. The fourth-order valence-corrected chi connectivity index (χ4v) is 6.01. The normalized spacial score (nSPS) is 17.9. The number of rotatable bonds is 11. The van der Waals surface area contributed by atoms with Crippen LogP contribution in [0.25, 0.3) is 0 Å². The highest BCUT2D eigenvalue weighted by molar-refractivity contribution is 5.98. The predicted octanol–water partition coefficient (Wildman–Crippen LogP) is 2.64. The molecule has 0 bridgehead atoms. The van der Waals surface area contributed by atoms with E-state index in [1.807, 2.05) is 30.3 Å². The Morgan fingerprint density at radius 1 is 1.00 bits per heavy atom. The van der Waals surface area contributed by atoms with Crippen molar-refractivity contribution in [3.63, 3.8) is 0 Å². The summed E-state index contributed by atoms with van der Waals surface area (Å²) in [6.07, 6.45) is 8.90. The van der Waals surface area contributed by atoms with E-state index in [9.17, 15) is 19.5 Å². The van der Waals surface area contributed by atoms with Gasteiger partial charge >= 0.3 is 0 Å². The molecule has 1 aliphatic carbocycles. The molecule has 10 nitrogen and oxygen atoms in total. The van der Waals surface area contributed by atoms with Gasteiger partial charge in [-0.25, -0.2) is 4.98 Å². The number of H-pyrrole nitrogens is 1. The van der Waals surface area contributed by atoms with Gasteiger partial charge < -0.3 is 30.4 Å². The van der Waals surface area contributed by atoms with Crippen LogP contribution in [0.4, 0.5) is 0 Å². The fourth-order valence-electron chi connectivity index (χ4n) is 6.01. The molecule has 1 saturated carbocycles. The van der Waals surface area contributed by atoms with Crippen molar-refractivity contribution in [2.75, 3.05) is 20.2 Å². The second-order valence-corrected chi connectivity index (χ2v) is 11.4. The van der Waals surface area contributed by atoms with Gasteiger partial charge in [-0.05, 0) is 48.6 Å². The summed E-state index contributed by atoms with van der Waals surface area (Å²) in [5, 5.41) is 17.0. The molecule has 2 heterocycles. The lowest BCUT2D eigenvalue weighted by atomic mass is 9.72. The SMILES string of the molecule is COc1ccc(CC(NC(=O)C(Cc2c[nH]cn2)NC(=O)c2ccccc2)C(=O)N2CC(O)(C3CCCCC3)C2)cc1. The average Bonchev–Trinajstić information content (AvgIpc) is 3.53. The summed E-state index contributed by atoms with van der Waals surface area (Å²) in [6, 6.07) is 14.1. The van der Waals surface area contributed by atoms with Crippen LogP contribution in [-0.4, -0.2) is 75.6 Å². The van der Waals surface area contributed by atoms with E-state index in [1.54, 1.807) is 42.5 Å². The van der Waals surface area contributed by atoms with Gasteiger partial charge in [0.15, 0.2) is 0 Å². The molecule has 0 spiro atoms. The maximum Gasteiger partial charge on any atom is 0.251 e. The lowest BCUT2D eigenvalue weighted by molar-refractivity contribution is -0.172. The number of aliphatic hydroxyl groups is 1. The van der Waals surface area contributed by atoms with Crippen molar-refractivity contribution in [2.24, 2.45) is 5.92 Å². The van der Waals surface area contributed by atoms with E-state index >= 15 is 0 Å². The first kappa shape index (κ1) is 29.3. The molecule has 3 amide bonds. The number of nitrogens with zero attached hydrogens (tertiary/aromatic N) is 2. The van der Waals surface area contributed by atoms with Crippen molar-refractivity contribution in [3.8, 4) is 5.75 Å². The lowest BCUT2D eigenvalue weighted by Crippen LogP contribution is -2.69. The smallest absolute Gasteiger partial charge is 0.251 e. The number of hydrogen-bond acceptors (Lipinski definition) is 6. The van der Waals surface area contributed by atoms with E-state index in [0.717, 1.165) is 31.2 Å². The first-order chi connectivity index (χ1) is 20.3. The Kier molecular flexibility index (Phi) is 9.22. The molecule has 2 unspecified atom stereocenters. The number of carbonyl (C=O) groups is 3. The van der Waals surface area contributed by atoms with Gasteiger partial charge in [0.1, 0.15) is 23.4 Å². The minimum absolute atomic E-state index is 0.141. The van der Waals surface area contributed by atoms with Crippen molar-refractivity contribution in [2.45, 2.75) is 62.6 Å². The second-order valence-electron chi connectivity index (χ2n) is 11.4. The Bertz CT molecular complexity index is 1330. The largest absolute Gasteiger partial charge is 0.497 e. The zero-order valence-corrected chi connectivity index (χ0v) is 23.9. The molecular weight excluding hydrogens is 534 g/mol. The first-order valence-electron chi connectivity index (χ1n) is 14.6. The van der Waals surface area contributed by atoms with Crippen LogP contribution in [0.2, 0.25) is 0 Å². The van der Waals surface area contributed by atoms with Gasteiger partial charge in [0.25, 0.3) is 5.91 Å². The van der Waals surface area contributed by atoms with E-state index in [-0.39, 0.29) is 37.8 Å². The van der Waals surface area contributed by atoms with Crippen molar-refractivity contribution in [3.05, 3.63) is 83.9 Å².